The van der Waals surface area contributed by atoms with Crippen LogP contribution < -0.4 is 5.32 Å². The molecule has 1 fully saturated rings. The van der Waals surface area contributed by atoms with Crippen molar-refractivity contribution in [1.82, 2.24) is 20.0 Å². The molecule has 32 heavy (non-hydrogen) atoms. The fourth-order valence-electron chi connectivity index (χ4n) is 3.99. The molecular formula is C25H29ClN4O2. The van der Waals surface area contributed by atoms with Crippen LogP contribution in [0.5, 0.6) is 0 Å². The molecule has 1 saturated heterocycles. The predicted octanol–water partition coefficient (Wildman–Crippen LogP) is 4.26. The van der Waals surface area contributed by atoms with E-state index in [4.69, 9.17) is 21.4 Å². The number of benzene rings is 2. The van der Waals surface area contributed by atoms with E-state index in [1.165, 1.54) is 5.56 Å². The van der Waals surface area contributed by atoms with Crippen molar-refractivity contribution in [3.63, 3.8) is 0 Å². The van der Waals surface area contributed by atoms with Crippen LogP contribution in [0.3, 0.4) is 0 Å². The zero-order chi connectivity index (χ0) is 22.5. The molecule has 0 unspecified atom stereocenters. The van der Waals surface area contributed by atoms with Crippen molar-refractivity contribution in [3.8, 4) is 16.9 Å². The van der Waals surface area contributed by atoms with Crippen LogP contribution in [-0.4, -0.2) is 60.0 Å². The van der Waals surface area contributed by atoms with Gasteiger partial charge >= 0.3 is 0 Å². The molecule has 1 aliphatic rings. The van der Waals surface area contributed by atoms with Crippen molar-refractivity contribution < 1.29 is 9.53 Å². The summed E-state index contributed by atoms with van der Waals surface area (Å²) < 4.78 is 7.12. The summed E-state index contributed by atoms with van der Waals surface area (Å²) in [5.41, 5.74) is 5.08. The van der Waals surface area contributed by atoms with E-state index < -0.39 is 0 Å². The highest BCUT2D eigenvalue weighted by atomic mass is 35.5. The Bertz CT molecular complexity index is 1090. The zero-order valence-corrected chi connectivity index (χ0v) is 19.4. The van der Waals surface area contributed by atoms with E-state index in [2.05, 4.69) is 23.2 Å². The first kappa shape index (κ1) is 22.5. The molecular weight excluding hydrogens is 424 g/mol. The minimum atomic E-state index is -0.141. The first-order valence-electron chi connectivity index (χ1n) is 11.0. The maximum Gasteiger partial charge on any atom is 0.270 e. The van der Waals surface area contributed by atoms with Crippen LogP contribution >= 0.6 is 11.6 Å². The number of hydrogen-bond donors (Lipinski definition) is 1. The SMILES string of the molecule is Cc1ccc(-n2nc(-c3ccccc3Cl)cc2C(=O)NCCCN2CCOCC2)c(C)c1. The third-order valence-electron chi connectivity index (χ3n) is 5.71. The third kappa shape index (κ3) is 5.21. The molecule has 0 saturated carbocycles. The Morgan fingerprint density at radius 1 is 1.12 bits per heavy atom. The Kier molecular flexibility index (Phi) is 7.25. The number of carbonyl (C=O) groups excluding carboxylic acids is 1. The minimum Gasteiger partial charge on any atom is -0.379 e. The number of hydrogen-bond acceptors (Lipinski definition) is 4. The molecule has 1 aromatic heterocycles. The van der Waals surface area contributed by atoms with E-state index in [1.807, 2.05) is 49.4 Å². The molecule has 0 atom stereocenters. The van der Waals surface area contributed by atoms with Crippen LogP contribution in [0.4, 0.5) is 0 Å². The number of aryl methyl sites for hydroxylation is 2. The van der Waals surface area contributed by atoms with Crippen molar-refractivity contribution in [2.75, 3.05) is 39.4 Å². The number of ether oxygens (including phenoxy) is 1. The van der Waals surface area contributed by atoms with Gasteiger partial charge in [-0.1, -0.05) is 47.5 Å². The molecule has 0 radical (unpaired) electrons. The van der Waals surface area contributed by atoms with Gasteiger partial charge in [-0.05, 0) is 50.6 Å². The van der Waals surface area contributed by atoms with Gasteiger partial charge in [0.1, 0.15) is 5.69 Å². The molecule has 3 aromatic rings. The molecule has 0 aliphatic carbocycles. The topological polar surface area (TPSA) is 59.4 Å². The summed E-state index contributed by atoms with van der Waals surface area (Å²) >= 11 is 6.41. The van der Waals surface area contributed by atoms with Gasteiger partial charge in [0, 0.05) is 25.2 Å². The number of halogens is 1. The number of aromatic nitrogens is 2. The van der Waals surface area contributed by atoms with Gasteiger partial charge in [-0.25, -0.2) is 4.68 Å². The summed E-state index contributed by atoms with van der Waals surface area (Å²) in [4.78, 5) is 15.5. The van der Waals surface area contributed by atoms with Crippen molar-refractivity contribution in [3.05, 3.63) is 70.4 Å². The normalized spacial score (nSPS) is 14.5. The number of carbonyl (C=O) groups is 1. The summed E-state index contributed by atoms with van der Waals surface area (Å²) in [6, 6.07) is 15.5. The Hall–Kier alpha value is -2.67. The highest BCUT2D eigenvalue weighted by Crippen LogP contribution is 2.29. The first-order chi connectivity index (χ1) is 15.5. The van der Waals surface area contributed by atoms with Crippen molar-refractivity contribution in [2.24, 2.45) is 0 Å². The summed E-state index contributed by atoms with van der Waals surface area (Å²) in [5.74, 6) is -0.141. The van der Waals surface area contributed by atoms with Crippen molar-refractivity contribution in [2.45, 2.75) is 20.3 Å². The van der Waals surface area contributed by atoms with Gasteiger partial charge in [0.15, 0.2) is 0 Å². The molecule has 2 heterocycles. The quantitative estimate of drug-likeness (QED) is 0.544. The Balaban J connectivity index is 1.56. The lowest BCUT2D eigenvalue weighted by atomic mass is 10.1. The molecule has 0 spiro atoms. The number of nitrogens with zero attached hydrogens (tertiary/aromatic N) is 3. The maximum absolute atomic E-state index is 13.2. The van der Waals surface area contributed by atoms with Gasteiger partial charge in [-0.3, -0.25) is 9.69 Å². The molecule has 1 N–H and O–H groups in total. The van der Waals surface area contributed by atoms with E-state index in [0.29, 0.717) is 23.0 Å². The van der Waals surface area contributed by atoms with Crippen LogP contribution in [0.2, 0.25) is 5.02 Å². The molecule has 6 nitrogen and oxygen atoms in total. The predicted molar refractivity (Wildman–Crippen MR) is 128 cm³/mol. The fourth-order valence-corrected chi connectivity index (χ4v) is 4.22. The lowest BCUT2D eigenvalue weighted by Crippen LogP contribution is -2.38. The average Bonchev–Trinajstić information content (AvgIpc) is 3.22. The average molecular weight is 453 g/mol. The standard InChI is InChI=1S/C25H29ClN4O2/c1-18-8-9-23(19(2)16-18)30-24(17-22(28-30)20-6-3-4-7-21(20)26)25(31)27-10-5-11-29-12-14-32-15-13-29/h3-4,6-9,16-17H,5,10-15H2,1-2H3,(H,27,31). The summed E-state index contributed by atoms with van der Waals surface area (Å²) in [7, 11) is 0. The van der Waals surface area contributed by atoms with Gasteiger partial charge in [0.25, 0.3) is 5.91 Å². The second kappa shape index (κ2) is 10.3. The van der Waals surface area contributed by atoms with Crippen LogP contribution in [0.25, 0.3) is 16.9 Å². The highest BCUT2D eigenvalue weighted by Gasteiger charge is 2.20. The van der Waals surface area contributed by atoms with E-state index >= 15 is 0 Å². The van der Waals surface area contributed by atoms with Crippen LogP contribution in [0, 0.1) is 13.8 Å². The lowest BCUT2D eigenvalue weighted by Gasteiger charge is -2.26. The number of amides is 1. The van der Waals surface area contributed by atoms with Gasteiger partial charge in [0.2, 0.25) is 0 Å². The highest BCUT2D eigenvalue weighted by molar-refractivity contribution is 6.33. The number of rotatable bonds is 7. The van der Waals surface area contributed by atoms with Crippen LogP contribution in [0.1, 0.15) is 28.0 Å². The van der Waals surface area contributed by atoms with Gasteiger partial charge < -0.3 is 10.1 Å². The monoisotopic (exact) mass is 452 g/mol. The van der Waals surface area contributed by atoms with E-state index in [9.17, 15) is 4.79 Å². The smallest absolute Gasteiger partial charge is 0.270 e. The number of morpholine rings is 1. The Morgan fingerprint density at radius 3 is 2.66 bits per heavy atom. The largest absolute Gasteiger partial charge is 0.379 e. The van der Waals surface area contributed by atoms with E-state index in [-0.39, 0.29) is 5.91 Å². The molecule has 2 aromatic carbocycles. The maximum atomic E-state index is 13.2. The fraction of sp³-hybridized carbons (Fsp3) is 0.360. The summed E-state index contributed by atoms with van der Waals surface area (Å²) in [5, 5.41) is 8.45. The van der Waals surface area contributed by atoms with Crippen LogP contribution in [0.15, 0.2) is 48.5 Å². The minimum absolute atomic E-state index is 0.141. The van der Waals surface area contributed by atoms with Gasteiger partial charge in [-0.2, -0.15) is 5.10 Å². The third-order valence-corrected chi connectivity index (χ3v) is 6.04. The summed E-state index contributed by atoms with van der Waals surface area (Å²) in [6.45, 7) is 9.11. The molecule has 168 valence electrons. The molecule has 7 heteroatoms. The van der Waals surface area contributed by atoms with Gasteiger partial charge in [-0.15, -0.1) is 0 Å². The molecule has 1 amide bonds. The Morgan fingerprint density at radius 2 is 1.91 bits per heavy atom. The van der Waals surface area contributed by atoms with E-state index in [0.717, 1.165) is 56.1 Å². The van der Waals surface area contributed by atoms with Gasteiger partial charge in [0.05, 0.1) is 29.6 Å². The molecule has 1 aliphatic heterocycles. The van der Waals surface area contributed by atoms with Crippen molar-refractivity contribution in [1.29, 1.82) is 0 Å². The van der Waals surface area contributed by atoms with E-state index in [1.54, 1.807) is 4.68 Å². The second-order valence-electron chi connectivity index (χ2n) is 8.16. The molecule has 4 rings (SSSR count). The number of nitrogens with one attached hydrogen (secondary N) is 1. The zero-order valence-electron chi connectivity index (χ0n) is 18.6. The first-order valence-corrected chi connectivity index (χ1v) is 11.4. The van der Waals surface area contributed by atoms with Crippen LogP contribution in [-0.2, 0) is 4.74 Å². The lowest BCUT2D eigenvalue weighted by molar-refractivity contribution is 0.0374. The summed E-state index contributed by atoms with van der Waals surface area (Å²) in [6.07, 6.45) is 0.890. The van der Waals surface area contributed by atoms with Crippen molar-refractivity contribution >= 4 is 17.5 Å². The molecule has 0 bridgehead atoms. The second-order valence-corrected chi connectivity index (χ2v) is 8.57. The Labute approximate surface area is 194 Å².